The normalized spacial score (nSPS) is 17.9. The highest BCUT2D eigenvalue weighted by Crippen LogP contribution is 2.35. The molecule has 2 N–H and O–H groups in total. The molecule has 0 unspecified atom stereocenters. The van der Waals surface area contributed by atoms with Gasteiger partial charge in [0.1, 0.15) is 0 Å². The fourth-order valence-corrected chi connectivity index (χ4v) is 2.84. The van der Waals surface area contributed by atoms with Crippen molar-refractivity contribution < 1.29 is 9.90 Å². The Morgan fingerprint density at radius 2 is 2.07 bits per heavy atom. The van der Waals surface area contributed by atoms with E-state index < -0.39 is 5.97 Å². The number of nitrogens with one attached hydrogen (secondary N) is 1. The molecule has 0 aliphatic heterocycles. The molecule has 2 rings (SSSR count). The van der Waals surface area contributed by atoms with Gasteiger partial charge >= 0.3 is 5.97 Å². The van der Waals surface area contributed by atoms with E-state index in [1.807, 2.05) is 0 Å². The lowest BCUT2D eigenvalue weighted by molar-refractivity contribution is 0.0694. The lowest BCUT2D eigenvalue weighted by atomic mass is 9.85. The molecule has 1 aromatic heterocycles. The maximum atomic E-state index is 11.1. The lowest BCUT2D eigenvalue weighted by Gasteiger charge is -2.21. The van der Waals surface area contributed by atoms with Crippen LogP contribution in [-0.4, -0.2) is 16.1 Å². The molecule has 1 aromatic rings. The van der Waals surface area contributed by atoms with Crippen LogP contribution >= 0.6 is 15.9 Å². The Bertz CT molecular complexity index is 367. The standard InChI is InChI=1S/C11H14BrNO2/c12-8-6-13-10(9(8)11(14)15)7-4-2-1-3-5-7/h6-7,13H,1-5H2,(H,14,15). The molecule has 82 valence electrons. The van der Waals surface area contributed by atoms with Gasteiger partial charge in [-0.1, -0.05) is 19.3 Å². The number of H-pyrrole nitrogens is 1. The lowest BCUT2D eigenvalue weighted by Crippen LogP contribution is -2.10. The van der Waals surface area contributed by atoms with Gasteiger partial charge in [-0.05, 0) is 34.7 Å². The van der Waals surface area contributed by atoms with Gasteiger partial charge in [0.25, 0.3) is 0 Å². The van der Waals surface area contributed by atoms with Crippen molar-refractivity contribution in [3.8, 4) is 0 Å². The summed E-state index contributed by atoms with van der Waals surface area (Å²) >= 11 is 3.27. The molecule has 0 spiro atoms. The van der Waals surface area contributed by atoms with E-state index in [0.29, 0.717) is 16.0 Å². The van der Waals surface area contributed by atoms with E-state index in [4.69, 9.17) is 5.11 Å². The van der Waals surface area contributed by atoms with Crippen LogP contribution < -0.4 is 0 Å². The molecule has 3 nitrogen and oxygen atoms in total. The molecule has 0 amide bonds. The van der Waals surface area contributed by atoms with Crippen LogP contribution in [0.15, 0.2) is 10.7 Å². The van der Waals surface area contributed by atoms with E-state index in [9.17, 15) is 4.79 Å². The van der Waals surface area contributed by atoms with Gasteiger partial charge in [0.2, 0.25) is 0 Å². The number of aromatic amines is 1. The summed E-state index contributed by atoms with van der Waals surface area (Å²) in [5.74, 6) is -0.445. The summed E-state index contributed by atoms with van der Waals surface area (Å²) in [7, 11) is 0. The topological polar surface area (TPSA) is 53.1 Å². The van der Waals surface area contributed by atoms with Crippen LogP contribution in [0, 0.1) is 0 Å². The Kier molecular flexibility index (Phi) is 3.14. The number of rotatable bonds is 2. The van der Waals surface area contributed by atoms with Crippen LogP contribution in [0.4, 0.5) is 0 Å². The van der Waals surface area contributed by atoms with Crippen molar-refractivity contribution in [2.75, 3.05) is 0 Å². The van der Waals surface area contributed by atoms with Crippen molar-refractivity contribution in [3.05, 3.63) is 21.9 Å². The third kappa shape index (κ3) is 2.09. The van der Waals surface area contributed by atoms with Crippen molar-refractivity contribution in [3.63, 3.8) is 0 Å². The van der Waals surface area contributed by atoms with Crippen molar-refractivity contribution in [1.82, 2.24) is 4.98 Å². The number of aromatic nitrogens is 1. The van der Waals surface area contributed by atoms with Crippen molar-refractivity contribution >= 4 is 21.9 Å². The second kappa shape index (κ2) is 4.39. The van der Waals surface area contributed by atoms with E-state index in [2.05, 4.69) is 20.9 Å². The summed E-state index contributed by atoms with van der Waals surface area (Å²) in [5.41, 5.74) is 1.32. The van der Waals surface area contributed by atoms with Gasteiger partial charge in [-0.15, -0.1) is 0 Å². The smallest absolute Gasteiger partial charge is 0.338 e. The molecule has 0 radical (unpaired) electrons. The minimum absolute atomic E-state index is 0.399. The van der Waals surface area contributed by atoms with Gasteiger partial charge in [0, 0.05) is 16.4 Å². The number of carboxylic acids is 1. The Balaban J connectivity index is 2.30. The molecule has 0 saturated heterocycles. The monoisotopic (exact) mass is 271 g/mol. The predicted molar refractivity (Wildman–Crippen MR) is 61.3 cm³/mol. The minimum Gasteiger partial charge on any atom is -0.478 e. The molecule has 15 heavy (non-hydrogen) atoms. The van der Waals surface area contributed by atoms with Crippen LogP contribution in [-0.2, 0) is 0 Å². The molecular formula is C11H14BrNO2. The van der Waals surface area contributed by atoms with Gasteiger partial charge < -0.3 is 10.1 Å². The third-order valence-electron chi connectivity index (χ3n) is 3.09. The quantitative estimate of drug-likeness (QED) is 0.865. The molecule has 1 aliphatic rings. The molecule has 1 saturated carbocycles. The zero-order valence-electron chi connectivity index (χ0n) is 8.42. The van der Waals surface area contributed by atoms with Gasteiger partial charge in [0.05, 0.1) is 5.56 Å². The third-order valence-corrected chi connectivity index (χ3v) is 3.72. The molecule has 1 aliphatic carbocycles. The molecule has 0 atom stereocenters. The van der Waals surface area contributed by atoms with Gasteiger partial charge in [-0.2, -0.15) is 0 Å². The number of aromatic carboxylic acids is 1. The van der Waals surface area contributed by atoms with Crippen LogP contribution in [0.1, 0.15) is 54.1 Å². The summed E-state index contributed by atoms with van der Waals surface area (Å²) in [6.07, 6.45) is 7.63. The second-order valence-corrected chi connectivity index (χ2v) is 4.92. The zero-order valence-corrected chi connectivity index (χ0v) is 10.0. The van der Waals surface area contributed by atoms with Crippen molar-refractivity contribution in [2.24, 2.45) is 0 Å². The first kappa shape index (κ1) is 10.7. The van der Waals surface area contributed by atoms with Crippen LogP contribution in [0.5, 0.6) is 0 Å². The summed E-state index contributed by atoms with van der Waals surface area (Å²) in [5, 5.41) is 9.12. The maximum absolute atomic E-state index is 11.1. The Morgan fingerprint density at radius 3 is 2.67 bits per heavy atom. The van der Waals surface area contributed by atoms with Crippen molar-refractivity contribution in [2.45, 2.75) is 38.0 Å². The SMILES string of the molecule is O=C(O)c1c(Br)c[nH]c1C1CCCCC1. The fourth-order valence-electron chi connectivity index (χ4n) is 2.34. The van der Waals surface area contributed by atoms with Gasteiger partial charge in [0.15, 0.2) is 0 Å². The minimum atomic E-state index is -0.844. The first-order valence-electron chi connectivity index (χ1n) is 5.30. The molecule has 1 heterocycles. The van der Waals surface area contributed by atoms with Crippen LogP contribution in [0.2, 0.25) is 0 Å². The van der Waals surface area contributed by atoms with Crippen LogP contribution in [0.3, 0.4) is 0 Å². The average Bonchev–Trinajstić information content (AvgIpc) is 2.61. The Hall–Kier alpha value is -0.770. The average molecular weight is 272 g/mol. The summed E-state index contributed by atoms with van der Waals surface area (Å²) < 4.78 is 0.663. The first-order chi connectivity index (χ1) is 7.20. The Labute approximate surface area is 97.0 Å². The number of hydrogen-bond donors (Lipinski definition) is 2. The van der Waals surface area contributed by atoms with Crippen molar-refractivity contribution in [1.29, 1.82) is 0 Å². The first-order valence-corrected chi connectivity index (χ1v) is 6.09. The van der Waals surface area contributed by atoms with Gasteiger partial charge in [-0.25, -0.2) is 4.79 Å². The summed E-state index contributed by atoms with van der Waals surface area (Å²) in [4.78, 5) is 14.2. The van der Waals surface area contributed by atoms with E-state index >= 15 is 0 Å². The highest BCUT2D eigenvalue weighted by atomic mass is 79.9. The molecule has 0 aromatic carbocycles. The Morgan fingerprint density at radius 1 is 1.40 bits per heavy atom. The molecule has 4 heteroatoms. The highest BCUT2D eigenvalue weighted by Gasteiger charge is 2.24. The predicted octanol–water partition coefficient (Wildman–Crippen LogP) is 3.52. The van der Waals surface area contributed by atoms with Gasteiger partial charge in [-0.3, -0.25) is 0 Å². The molecular weight excluding hydrogens is 258 g/mol. The summed E-state index contributed by atoms with van der Waals surface area (Å²) in [6.45, 7) is 0. The van der Waals surface area contributed by atoms with E-state index in [1.165, 1.54) is 19.3 Å². The van der Waals surface area contributed by atoms with E-state index in [-0.39, 0.29) is 0 Å². The largest absolute Gasteiger partial charge is 0.478 e. The fraction of sp³-hybridized carbons (Fsp3) is 0.545. The molecule has 0 bridgehead atoms. The zero-order chi connectivity index (χ0) is 10.8. The number of carbonyl (C=O) groups is 1. The number of halogens is 1. The van der Waals surface area contributed by atoms with E-state index in [1.54, 1.807) is 6.20 Å². The number of carboxylic acid groups (broad SMARTS) is 1. The second-order valence-electron chi connectivity index (χ2n) is 4.07. The summed E-state index contributed by atoms with van der Waals surface area (Å²) in [6, 6.07) is 0. The van der Waals surface area contributed by atoms with Crippen LogP contribution in [0.25, 0.3) is 0 Å². The highest BCUT2D eigenvalue weighted by molar-refractivity contribution is 9.10. The molecule has 1 fully saturated rings. The van der Waals surface area contributed by atoms with E-state index in [0.717, 1.165) is 18.5 Å². The number of hydrogen-bond acceptors (Lipinski definition) is 1. The maximum Gasteiger partial charge on any atom is 0.338 e.